The molecule has 0 saturated carbocycles. The Morgan fingerprint density at radius 1 is 1.25 bits per heavy atom. The number of hydrogen-bond donors (Lipinski definition) is 0. The van der Waals surface area contributed by atoms with Crippen LogP contribution in [-0.4, -0.2) is 0 Å². The summed E-state index contributed by atoms with van der Waals surface area (Å²) < 4.78 is 18.0. The van der Waals surface area contributed by atoms with Crippen LogP contribution in [0.3, 0.4) is 0 Å². The van der Waals surface area contributed by atoms with E-state index >= 15 is 0 Å². The van der Waals surface area contributed by atoms with E-state index < -0.39 is 0 Å². The van der Waals surface area contributed by atoms with Crippen molar-refractivity contribution < 1.29 is 66.6 Å². The van der Waals surface area contributed by atoms with Gasteiger partial charge >= 0.3 is 66.6 Å². The second-order valence-corrected chi connectivity index (χ2v) is 0. The van der Waals surface area contributed by atoms with Crippen molar-refractivity contribution in [3.8, 4) is 0 Å². The van der Waals surface area contributed by atoms with Gasteiger partial charge in [-0.1, -0.05) is 0 Å². The molecule has 0 saturated heterocycles. The van der Waals surface area contributed by atoms with E-state index in [2.05, 4.69) is 0 Å². The van der Waals surface area contributed by atoms with Crippen molar-refractivity contribution >= 4 is 0 Å². The molecule has 0 aromatic rings. The first kappa shape index (κ1) is 9.34. The minimum absolute atomic E-state index is 0.100. The molecule has 0 bridgehead atoms. The second-order valence-electron chi connectivity index (χ2n) is 0. The Hall–Kier alpha value is 1.94. The van der Waals surface area contributed by atoms with Crippen molar-refractivity contribution in [2.75, 3.05) is 0 Å². The molecular weight excluding hydrogens is 213 g/mol. The molecule has 0 unspecified atom stereocenters. The summed E-state index contributed by atoms with van der Waals surface area (Å²) in [5, 5.41) is 0. The molecule has 0 rings (SSSR count). The first-order valence-corrected chi connectivity index (χ1v) is 2.69. The third kappa shape index (κ3) is 9.05. The van der Waals surface area contributed by atoms with Gasteiger partial charge in [-0.2, -0.15) is 0 Å². The summed E-state index contributed by atoms with van der Waals surface area (Å²) in [7, 11) is 0. The van der Waals surface area contributed by atoms with Crippen LogP contribution in [0.1, 0.15) is 0 Å². The average molecular weight is 213 g/mol. The maximum absolute atomic E-state index is 9.63. The van der Waals surface area contributed by atoms with Crippen LogP contribution in [0.15, 0.2) is 0 Å². The van der Waals surface area contributed by atoms with E-state index in [1.54, 1.807) is 0 Å². The topological polar surface area (TPSA) is 17.1 Å². The molecule has 1 nitrogen and oxygen atoms in total. The van der Waals surface area contributed by atoms with Crippen LogP contribution in [0.25, 0.3) is 0 Å². The normalized spacial score (nSPS) is 2.50. The van der Waals surface area contributed by atoms with Gasteiger partial charge in [0.1, 0.15) is 0 Å². The zero-order chi connectivity index (χ0) is 4.00. The summed E-state index contributed by atoms with van der Waals surface area (Å²) in [5.41, 5.74) is 0. The Balaban J connectivity index is 0. The molecule has 0 aliphatic rings. The standard InChI is InChI=1S/FH.O.2Y/h1H;;;/q;;;+1/p-1. The van der Waals surface area contributed by atoms with Crippen molar-refractivity contribution in [2.45, 2.75) is 0 Å². The fourth-order valence-electron chi connectivity index (χ4n) is 0. The summed E-state index contributed by atoms with van der Waals surface area (Å²) in [4.78, 5) is 0. The number of rotatable bonds is 0. The first-order chi connectivity index (χ1) is 2.00. The molecule has 0 radical (unpaired) electrons. The van der Waals surface area contributed by atoms with E-state index in [4.69, 9.17) is 2.04 Å². The summed E-state index contributed by atoms with van der Waals surface area (Å²) in [5.74, 6) is 0. The monoisotopic (exact) mass is 213 g/mol. The van der Waals surface area contributed by atoms with E-state index in [-0.39, 0.29) is 62.7 Å². The average Bonchev–Trinajstić information content (AvgIpc) is 1.50. The third-order valence-electron chi connectivity index (χ3n) is 0. The molecule has 0 amide bonds. The third-order valence-corrected chi connectivity index (χ3v) is 0. The summed E-state index contributed by atoms with van der Waals surface area (Å²) in [6.07, 6.45) is 0. The molecule has 0 fully saturated rings. The van der Waals surface area contributed by atoms with Crippen LogP contribution < -0.4 is 0 Å². The zero-order valence-electron chi connectivity index (χ0n) is 1.94. The molecule has 0 spiro atoms. The molecule has 0 aromatic carbocycles. The van der Waals surface area contributed by atoms with Gasteiger partial charge in [0.05, 0.1) is 0 Å². The Bertz CT molecular complexity index is 6.00. The van der Waals surface area contributed by atoms with Crippen LogP contribution in [0.2, 0.25) is 0 Å². The van der Waals surface area contributed by atoms with Crippen molar-refractivity contribution in [1.29, 1.82) is 0 Å². The predicted molar refractivity (Wildman–Crippen MR) is 1.79 cm³/mol. The van der Waals surface area contributed by atoms with Gasteiger partial charge in [0, 0.05) is 0 Å². The SMILES string of the molecule is [F][Y].[O]=[Y]. The zero-order valence-corrected chi connectivity index (χ0v) is 7.62. The molecule has 4 heteroatoms. The Morgan fingerprint density at radius 3 is 1.25 bits per heavy atom. The van der Waals surface area contributed by atoms with Gasteiger partial charge in [0.2, 0.25) is 0 Å². The fraction of sp³-hybridized carbons (Fsp3) is 0. The van der Waals surface area contributed by atoms with Crippen LogP contribution in [-0.2, 0) is 64.7 Å². The van der Waals surface area contributed by atoms with Crippen molar-refractivity contribution in [2.24, 2.45) is 0 Å². The number of halogens is 1. The molecule has 4 heavy (non-hydrogen) atoms. The van der Waals surface area contributed by atoms with Gasteiger partial charge in [-0.15, -0.1) is 0 Å². The van der Waals surface area contributed by atoms with Gasteiger partial charge in [0.25, 0.3) is 0 Å². The van der Waals surface area contributed by atoms with E-state index in [0.29, 0.717) is 0 Å². The van der Waals surface area contributed by atoms with Gasteiger partial charge in [0.15, 0.2) is 0 Å². The summed E-state index contributed by atoms with van der Waals surface area (Å²) in [6.45, 7) is 0. The summed E-state index contributed by atoms with van der Waals surface area (Å²) in [6, 6.07) is 0. The first-order valence-electron chi connectivity index (χ1n) is 0.454. The molecule has 0 aromatic heterocycles. The van der Waals surface area contributed by atoms with Gasteiger partial charge in [-0.3, -0.25) is 0 Å². The van der Waals surface area contributed by atoms with Crippen LogP contribution in [0.4, 0.5) is 1.92 Å². The number of hydrogen-bond acceptors (Lipinski definition) is 1. The Labute approximate surface area is 65.4 Å². The van der Waals surface area contributed by atoms with Crippen LogP contribution >= 0.6 is 0 Å². The van der Waals surface area contributed by atoms with Gasteiger partial charge in [-0.25, -0.2) is 0 Å². The van der Waals surface area contributed by atoms with E-state index in [9.17, 15) is 1.92 Å². The van der Waals surface area contributed by atoms with E-state index in [1.807, 2.05) is 0 Å². The van der Waals surface area contributed by atoms with Crippen molar-refractivity contribution in [3.05, 3.63) is 0 Å². The molecule has 19 valence electrons. The van der Waals surface area contributed by atoms with Crippen molar-refractivity contribution in [3.63, 3.8) is 0 Å². The summed E-state index contributed by atoms with van der Waals surface area (Å²) >= 11 is -0.0500. The molecule has 0 atom stereocenters. The van der Waals surface area contributed by atoms with Crippen molar-refractivity contribution in [1.82, 2.24) is 0 Å². The molecule has 0 aliphatic heterocycles. The van der Waals surface area contributed by atoms with Crippen LogP contribution in [0, 0.1) is 0 Å². The quantitative estimate of drug-likeness (QED) is 0.565. The molecule has 0 N–H and O–H groups in total. The molecule has 0 aliphatic carbocycles. The predicted octanol–water partition coefficient (Wildman–Crippen LogP) is 0.296. The molecule has 0 heterocycles. The minimum atomic E-state index is -0.150. The second kappa shape index (κ2) is 20.4. The van der Waals surface area contributed by atoms with E-state index in [0.717, 1.165) is 0 Å². The Kier molecular flexibility index (Phi) is 47.6. The fourth-order valence-corrected chi connectivity index (χ4v) is 0. The maximum atomic E-state index is 9.63. The van der Waals surface area contributed by atoms with Gasteiger partial charge in [-0.05, 0) is 0 Å². The van der Waals surface area contributed by atoms with Crippen LogP contribution in [0.5, 0.6) is 0 Å². The van der Waals surface area contributed by atoms with Gasteiger partial charge < -0.3 is 0 Å². The molecular formula is FOY2. The van der Waals surface area contributed by atoms with E-state index in [1.165, 1.54) is 0 Å². The Morgan fingerprint density at radius 2 is 1.25 bits per heavy atom.